The topological polar surface area (TPSA) is 60.2 Å². The molecule has 5 heteroatoms. The molecule has 0 saturated carbocycles. The van der Waals surface area contributed by atoms with Crippen molar-refractivity contribution in [2.45, 2.75) is 6.54 Å². The maximum Gasteiger partial charge on any atom is 0.136 e. The summed E-state index contributed by atoms with van der Waals surface area (Å²) in [5, 5.41) is 4.26. The lowest BCUT2D eigenvalue weighted by Gasteiger charge is -2.13. The van der Waals surface area contributed by atoms with E-state index >= 15 is 0 Å². The minimum atomic E-state index is -0.313. The number of nitrogen functional groups attached to an aromatic ring is 1. The Kier molecular flexibility index (Phi) is 3.78. The van der Waals surface area contributed by atoms with Gasteiger partial charge in [-0.3, -0.25) is 0 Å². The highest BCUT2D eigenvalue weighted by atomic mass is 19.1. The van der Waals surface area contributed by atoms with Crippen molar-refractivity contribution in [2.75, 3.05) is 18.2 Å². The third kappa shape index (κ3) is 2.53. The van der Waals surface area contributed by atoms with Crippen molar-refractivity contribution in [3.05, 3.63) is 60.0 Å². The highest BCUT2D eigenvalue weighted by molar-refractivity contribution is 6.01. The maximum absolute atomic E-state index is 13.9. The number of benzene rings is 2. The standard InChI is InChI=1S/C17H16FN3O/c1-22-15-5-3-2-4-11(15)10-21-17-16-12(8-9-20-17)13(18)6-7-14(16)19/h2-9H,10,19H2,1H3,(H,20,21). The number of ether oxygens (including phenoxy) is 1. The quantitative estimate of drug-likeness (QED) is 0.723. The number of nitrogens with zero attached hydrogens (tertiary/aromatic N) is 1. The Labute approximate surface area is 127 Å². The van der Waals surface area contributed by atoms with Crippen LogP contribution in [0.2, 0.25) is 0 Å². The molecule has 0 aliphatic carbocycles. The molecule has 1 heterocycles. The zero-order valence-corrected chi connectivity index (χ0v) is 12.1. The molecule has 0 aliphatic heterocycles. The summed E-state index contributed by atoms with van der Waals surface area (Å²) in [7, 11) is 1.63. The van der Waals surface area contributed by atoms with Crippen molar-refractivity contribution in [3.8, 4) is 5.75 Å². The summed E-state index contributed by atoms with van der Waals surface area (Å²) in [5.41, 5.74) is 7.46. The Bertz CT molecular complexity index is 820. The van der Waals surface area contributed by atoms with E-state index < -0.39 is 0 Å². The fraction of sp³-hybridized carbons (Fsp3) is 0.118. The first-order valence-corrected chi connectivity index (χ1v) is 6.89. The number of rotatable bonds is 4. The third-order valence-corrected chi connectivity index (χ3v) is 3.54. The number of fused-ring (bicyclic) bond motifs is 1. The van der Waals surface area contributed by atoms with Gasteiger partial charge in [-0.05, 0) is 24.3 Å². The first-order chi connectivity index (χ1) is 10.7. The van der Waals surface area contributed by atoms with Gasteiger partial charge in [0.1, 0.15) is 17.4 Å². The van der Waals surface area contributed by atoms with Crippen molar-refractivity contribution in [3.63, 3.8) is 0 Å². The van der Waals surface area contributed by atoms with Crippen molar-refractivity contribution < 1.29 is 9.13 Å². The Hall–Kier alpha value is -2.82. The minimum absolute atomic E-state index is 0.313. The summed E-state index contributed by atoms with van der Waals surface area (Å²) in [5.74, 6) is 1.03. The molecule has 4 nitrogen and oxygen atoms in total. The molecule has 0 atom stereocenters. The monoisotopic (exact) mass is 297 g/mol. The van der Waals surface area contributed by atoms with Gasteiger partial charge in [-0.1, -0.05) is 18.2 Å². The number of methoxy groups -OCH3 is 1. The van der Waals surface area contributed by atoms with Crippen LogP contribution in [-0.2, 0) is 6.54 Å². The van der Waals surface area contributed by atoms with E-state index in [4.69, 9.17) is 10.5 Å². The van der Waals surface area contributed by atoms with Gasteiger partial charge in [0, 0.05) is 29.4 Å². The Morgan fingerprint density at radius 1 is 1.18 bits per heavy atom. The fourth-order valence-corrected chi connectivity index (χ4v) is 2.45. The Balaban J connectivity index is 1.96. The molecule has 3 rings (SSSR count). The second-order valence-electron chi connectivity index (χ2n) is 4.88. The second-order valence-corrected chi connectivity index (χ2v) is 4.88. The summed E-state index contributed by atoms with van der Waals surface area (Å²) in [4.78, 5) is 4.28. The average Bonchev–Trinajstić information content (AvgIpc) is 2.56. The lowest BCUT2D eigenvalue weighted by molar-refractivity contribution is 0.410. The van der Waals surface area contributed by atoms with E-state index in [0.29, 0.717) is 28.8 Å². The van der Waals surface area contributed by atoms with Crippen LogP contribution < -0.4 is 15.8 Å². The Morgan fingerprint density at radius 3 is 2.82 bits per heavy atom. The van der Waals surface area contributed by atoms with Crippen LogP contribution in [0.5, 0.6) is 5.75 Å². The summed E-state index contributed by atoms with van der Waals surface area (Å²) in [6.45, 7) is 0.506. The lowest BCUT2D eigenvalue weighted by Crippen LogP contribution is -2.05. The molecule has 1 aromatic heterocycles. The number of anilines is 2. The first kappa shape index (κ1) is 14.1. The maximum atomic E-state index is 13.9. The predicted octanol–water partition coefficient (Wildman–Crippen LogP) is 3.58. The van der Waals surface area contributed by atoms with Crippen LogP contribution in [-0.4, -0.2) is 12.1 Å². The smallest absolute Gasteiger partial charge is 0.136 e. The molecule has 0 spiro atoms. The van der Waals surface area contributed by atoms with E-state index in [1.54, 1.807) is 25.4 Å². The van der Waals surface area contributed by atoms with E-state index in [9.17, 15) is 4.39 Å². The zero-order chi connectivity index (χ0) is 15.5. The van der Waals surface area contributed by atoms with Crippen molar-refractivity contribution in [2.24, 2.45) is 0 Å². The molecule has 3 aromatic rings. The number of para-hydroxylation sites is 1. The van der Waals surface area contributed by atoms with Gasteiger partial charge >= 0.3 is 0 Å². The minimum Gasteiger partial charge on any atom is -0.496 e. The number of nitrogens with one attached hydrogen (secondary N) is 1. The van der Waals surface area contributed by atoms with Crippen molar-refractivity contribution in [1.82, 2.24) is 4.98 Å². The average molecular weight is 297 g/mol. The van der Waals surface area contributed by atoms with Crippen LogP contribution in [0.25, 0.3) is 10.8 Å². The molecule has 0 radical (unpaired) electrons. The van der Waals surface area contributed by atoms with Gasteiger partial charge in [0.2, 0.25) is 0 Å². The highest BCUT2D eigenvalue weighted by Crippen LogP contribution is 2.29. The van der Waals surface area contributed by atoms with Crippen LogP contribution >= 0.6 is 0 Å². The van der Waals surface area contributed by atoms with Gasteiger partial charge in [0.15, 0.2) is 0 Å². The molecular formula is C17H16FN3O. The Morgan fingerprint density at radius 2 is 2.00 bits per heavy atom. The number of hydrogen-bond donors (Lipinski definition) is 2. The van der Waals surface area contributed by atoms with Crippen LogP contribution in [0.1, 0.15) is 5.56 Å². The molecule has 2 aromatic carbocycles. The summed E-state index contributed by atoms with van der Waals surface area (Å²) in [6, 6.07) is 12.2. The number of halogens is 1. The van der Waals surface area contributed by atoms with Gasteiger partial charge in [-0.15, -0.1) is 0 Å². The molecule has 0 saturated heterocycles. The number of hydrogen-bond acceptors (Lipinski definition) is 4. The number of aromatic nitrogens is 1. The van der Waals surface area contributed by atoms with E-state index in [0.717, 1.165) is 11.3 Å². The van der Waals surface area contributed by atoms with Crippen LogP contribution in [0.4, 0.5) is 15.9 Å². The number of pyridine rings is 1. The number of nitrogens with two attached hydrogens (primary N) is 1. The summed E-state index contributed by atoms with van der Waals surface area (Å²) >= 11 is 0. The molecular weight excluding hydrogens is 281 g/mol. The van der Waals surface area contributed by atoms with Gasteiger partial charge in [-0.25, -0.2) is 9.37 Å². The molecule has 0 aliphatic rings. The normalized spacial score (nSPS) is 10.6. The van der Waals surface area contributed by atoms with Crippen LogP contribution in [0, 0.1) is 5.82 Å². The van der Waals surface area contributed by atoms with Gasteiger partial charge in [0.25, 0.3) is 0 Å². The summed E-state index contributed by atoms with van der Waals surface area (Å²) in [6.07, 6.45) is 1.56. The van der Waals surface area contributed by atoms with Crippen molar-refractivity contribution in [1.29, 1.82) is 0 Å². The molecule has 0 bridgehead atoms. The van der Waals surface area contributed by atoms with Gasteiger partial charge in [0.05, 0.1) is 12.5 Å². The molecule has 22 heavy (non-hydrogen) atoms. The fourth-order valence-electron chi connectivity index (χ4n) is 2.45. The largest absolute Gasteiger partial charge is 0.496 e. The third-order valence-electron chi connectivity index (χ3n) is 3.54. The van der Waals surface area contributed by atoms with E-state index in [2.05, 4.69) is 10.3 Å². The van der Waals surface area contributed by atoms with Gasteiger partial charge < -0.3 is 15.8 Å². The zero-order valence-electron chi connectivity index (χ0n) is 12.1. The second kappa shape index (κ2) is 5.89. The van der Waals surface area contributed by atoms with E-state index in [1.807, 2.05) is 24.3 Å². The van der Waals surface area contributed by atoms with Crippen LogP contribution in [0.15, 0.2) is 48.7 Å². The van der Waals surface area contributed by atoms with Gasteiger partial charge in [-0.2, -0.15) is 0 Å². The molecule has 112 valence electrons. The van der Waals surface area contributed by atoms with E-state index in [-0.39, 0.29) is 5.82 Å². The summed E-state index contributed by atoms with van der Waals surface area (Å²) < 4.78 is 19.2. The predicted molar refractivity (Wildman–Crippen MR) is 86.4 cm³/mol. The SMILES string of the molecule is COc1ccccc1CNc1nccc2c(F)ccc(N)c12. The first-order valence-electron chi connectivity index (χ1n) is 6.89. The molecule has 0 amide bonds. The molecule has 0 unspecified atom stereocenters. The van der Waals surface area contributed by atoms with Crippen molar-refractivity contribution >= 4 is 22.3 Å². The van der Waals surface area contributed by atoms with E-state index in [1.165, 1.54) is 6.07 Å². The molecule has 3 N–H and O–H groups in total. The molecule has 0 fully saturated rings. The van der Waals surface area contributed by atoms with Crippen LogP contribution in [0.3, 0.4) is 0 Å². The lowest BCUT2D eigenvalue weighted by atomic mass is 10.1. The highest BCUT2D eigenvalue weighted by Gasteiger charge is 2.10.